The summed E-state index contributed by atoms with van der Waals surface area (Å²) in [5.41, 5.74) is -0.434. The van der Waals surface area contributed by atoms with Gasteiger partial charge in [0.15, 0.2) is 0 Å². The third-order valence-electron chi connectivity index (χ3n) is 3.88. The van der Waals surface area contributed by atoms with Crippen LogP contribution in [0.4, 0.5) is 4.39 Å². The quantitative estimate of drug-likeness (QED) is 0.891. The van der Waals surface area contributed by atoms with Crippen molar-refractivity contribution in [2.75, 3.05) is 0 Å². The number of carbonyl (C=O) groups is 1. The highest BCUT2D eigenvalue weighted by Crippen LogP contribution is 2.31. The minimum Gasteiger partial charge on any atom is -0.334 e. The van der Waals surface area contributed by atoms with Crippen molar-refractivity contribution in [2.45, 2.75) is 38.1 Å². The molecule has 1 saturated carbocycles. The van der Waals surface area contributed by atoms with Crippen LogP contribution in [0.2, 0.25) is 0 Å². The molecule has 3 nitrogen and oxygen atoms in total. The number of nitrogens with zero attached hydrogens (tertiary/aromatic N) is 1. The predicted molar refractivity (Wildman–Crippen MR) is 77.5 cm³/mol. The lowest BCUT2D eigenvalue weighted by Gasteiger charge is -2.34. The van der Waals surface area contributed by atoms with Crippen molar-refractivity contribution < 1.29 is 9.18 Å². The van der Waals surface area contributed by atoms with Gasteiger partial charge in [0.05, 0.1) is 10.5 Å². The maximum atomic E-state index is 13.2. The molecule has 0 spiro atoms. The minimum atomic E-state index is -0.787. The van der Waals surface area contributed by atoms with E-state index in [2.05, 4.69) is 34.2 Å². The molecule has 5 heteroatoms. The predicted octanol–water partition coefficient (Wildman–Crippen LogP) is 3.79. The average molecular weight is 339 g/mol. The van der Waals surface area contributed by atoms with Gasteiger partial charge in [-0.15, -0.1) is 0 Å². The molecule has 20 heavy (non-hydrogen) atoms. The molecule has 0 aromatic heterocycles. The van der Waals surface area contributed by atoms with E-state index in [1.165, 1.54) is 18.2 Å². The second-order valence-electron chi connectivity index (χ2n) is 5.46. The first-order valence-electron chi connectivity index (χ1n) is 6.64. The first kappa shape index (κ1) is 15.0. The summed E-state index contributed by atoms with van der Waals surface area (Å²) in [5.74, 6) is -0.154. The van der Waals surface area contributed by atoms with Gasteiger partial charge in [-0.25, -0.2) is 4.39 Å². The van der Waals surface area contributed by atoms with E-state index < -0.39 is 11.4 Å². The maximum absolute atomic E-state index is 13.2. The Bertz CT molecular complexity index is 559. The summed E-state index contributed by atoms with van der Waals surface area (Å²) < 4.78 is 13.4. The van der Waals surface area contributed by atoms with Crippen molar-refractivity contribution in [1.29, 1.82) is 5.26 Å². The molecule has 1 fully saturated rings. The van der Waals surface area contributed by atoms with Crippen LogP contribution in [0.5, 0.6) is 0 Å². The number of halogens is 2. The Morgan fingerprint density at radius 1 is 1.50 bits per heavy atom. The Morgan fingerprint density at radius 2 is 2.15 bits per heavy atom. The molecule has 1 amide bonds. The van der Waals surface area contributed by atoms with Gasteiger partial charge in [0, 0.05) is 5.56 Å². The van der Waals surface area contributed by atoms with Gasteiger partial charge in [-0.1, -0.05) is 6.92 Å². The largest absolute Gasteiger partial charge is 0.334 e. The van der Waals surface area contributed by atoms with Crippen LogP contribution >= 0.6 is 15.9 Å². The number of nitriles is 1. The van der Waals surface area contributed by atoms with Gasteiger partial charge >= 0.3 is 0 Å². The average Bonchev–Trinajstić information content (AvgIpc) is 2.44. The molecule has 106 valence electrons. The number of benzene rings is 1. The van der Waals surface area contributed by atoms with Crippen LogP contribution < -0.4 is 5.32 Å². The Morgan fingerprint density at radius 3 is 2.70 bits per heavy atom. The van der Waals surface area contributed by atoms with Crippen molar-refractivity contribution in [3.63, 3.8) is 0 Å². The zero-order valence-corrected chi connectivity index (χ0v) is 12.8. The summed E-state index contributed by atoms with van der Waals surface area (Å²) in [6.07, 6.45) is 3.19. The maximum Gasteiger partial charge on any atom is 0.252 e. The number of carbonyl (C=O) groups excluding carboxylic acids is 1. The number of nitrogens with one attached hydrogen (secondary N) is 1. The van der Waals surface area contributed by atoms with Gasteiger partial charge in [0.2, 0.25) is 0 Å². The lowest BCUT2D eigenvalue weighted by molar-refractivity contribution is 0.0894. The third-order valence-corrected chi connectivity index (χ3v) is 4.48. The molecule has 0 heterocycles. The lowest BCUT2D eigenvalue weighted by atomic mass is 9.78. The summed E-state index contributed by atoms with van der Waals surface area (Å²) in [6, 6.07) is 6.34. The molecular weight excluding hydrogens is 323 g/mol. The van der Waals surface area contributed by atoms with Gasteiger partial charge < -0.3 is 5.32 Å². The molecule has 0 atom stereocenters. The molecule has 0 unspecified atom stereocenters. The van der Waals surface area contributed by atoms with E-state index in [1.54, 1.807) is 0 Å². The molecule has 0 saturated heterocycles. The van der Waals surface area contributed by atoms with Crippen LogP contribution in [0, 0.1) is 23.1 Å². The Balaban J connectivity index is 2.13. The molecular formula is C15H16BrFN2O. The zero-order chi connectivity index (χ0) is 14.8. The van der Waals surface area contributed by atoms with Crippen LogP contribution in [-0.2, 0) is 0 Å². The molecule has 1 aromatic carbocycles. The molecule has 1 aliphatic rings. The number of rotatable bonds is 2. The molecule has 1 N–H and O–H groups in total. The van der Waals surface area contributed by atoms with E-state index in [0.29, 0.717) is 24.3 Å². The van der Waals surface area contributed by atoms with E-state index in [0.717, 1.165) is 12.8 Å². The van der Waals surface area contributed by atoms with Crippen LogP contribution in [0.15, 0.2) is 22.7 Å². The van der Waals surface area contributed by atoms with E-state index in [-0.39, 0.29) is 10.4 Å². The second-order valence-corrected chi connectivity index (χ2v) is 6.31. The normalized spacial score (nSPS) is 25.8. The van der Waals surface area contributed by atoms with Gasteiger partial charge in [0.1, 0.15) is 11.4 Å². The smallest absolute Gasteiger partial charge is 0.252 e. The molecule has 0 radical (unpaired) electrons. The van der Waals surface area contributed by atoms with Gasteiger partial charge in [-0.2, -0.15) is 5.26 Å². The van der Waals surface area contributed by atoms with Crippen molar-refractivity contribution in [3.05, 3.63) is 34.1 Å². The molecule has 1 aromatic rings. The highest BCUT2D eigenvalue weighted by Gasteiger charge is 2.35. The fourth-order valence-electron chi connectivity index (χ4n) is 2.45. The third kappa shape index (κ3) is 3.18. The monoisotopic (exact) mass is 338 g/mol. The van der Waals surface area contributed by atoms with Crippen molar-refractivity contribution >= 4 is 21.8 Å². The second kappa shape index (κ2) is 5.92. The van der Waals surface area contributed by atoms with Crippen molar-refractivity contribution in [2.24, 2.45) is 5.92 Å². The lowest BCUT2D eigenvalue weighted by Crippen LogP contribution is -2.49. The highest BCUT2D eigenvalue weighted by atomic mass is 79.9. The number of hydrogen-bond acceptors (Lipinski definition) is 2. The van der Waals surface area contributed by atoms with E-state index >= 15 is 0 Å². The highest BCUT2D eigenvalue weighted by molar-refractivity contribution is 9.10. The number of hydrogen-bond donors (Lipinski definition) is 1. The molecule has 1 aliphatic carbocycles. The Kier molecular flexibility index (Phi) is 4.44. The van der Waals surface area contributed by atoms with E-state index in [1.807, 2.05) is 0 Å². The van der Waals surface area contributed by atoms with Gasteiger partial charge in [0.25, 0.3) is 5.91 Å². The topological polar surface area (TPSA) is 52.9 Å². The first-order valence-corrected chi connectivity index (χ1v) is 7.44. The first-order chi connectivity index (χ1) is 9.46. The van der Waals surface area contributed by atoms with Crippen LogP contribution in [-0.4, -0.2) is 11.4 Å². The van der Waals surface area contributed by atoms with E-state index in [4.69, 9.17) is 0 Å². The van der Waals surface area contributed by atoms with Crippen LogP contribution in [0.3, 0.4) is 0 Å². The van der Waals surface area contributed by atoms with Gasteiger partial charge in [-0.3, -0.25) is 4.79 Å². The van der Waals surface area contributed by atoms with Crippen LogP contribution in [0.25, 0.3) is 0 Å². The summed E-state index contributed by atoms with van der Waals surface area (Å²) in [5, 5.41) is 12.2. The standard InChI is InChI=1S/C15H16BrFN2O/c1-10-4-6-15(9-18,7-5-10)19-14(20)11-2-3-13(17)12(16)8-11/h2-3,8,10H,4-7H2,1H3,(H,19,20). The SMILES string of the molecule is CC1CCC(C#N)(NC(=O)c2ccc(F)c(Br)c2)CC1. The fraction of sp³-hybridized carbons (Fsp3) is 0.467. The molecule has 0 aliphatic heterocycles. The van der Waals surface area contributed by atoms with E-state index in [9.17, 15) is 14.4 Å². The van der Waals surface area contributed by atoms with Gasteiger partial charge in [-0.05, 0) is 65.7 Å². The van der Waals surface area contributed by atoms with Crippen LogP contribution in [0.1, 0.15) is 43.0 Å². The summed E-state index contributed by atoms with van der Waals surface area (Å²) in [4.78, 5) is 12.2. The Hall–Kier alpha value is -1.41. The zero-order valence-electron chi connectivity index (χ0n) is 11.2. The van der Waals surface area contributed by atoms with Crippen molar-refractivity contribution in [3.8, 4) is 6.07 Å². The fourth-order valence-corrected chi connectivity index (χ4v) is 2.83. The molecule has 2 rings (SSSR count). The van der Waals surface area contributed by atoms with Crippen molar-refractivity contribution in [1.82, 2.24) is 5.32 Å². The number of amides is 1. The molecule has 0 bridgehead atoms. The Labute approximate surface area is 126 Å². The minimum absolute atomic E-state index is 0.244. The summed E-state index contributed by atoms with van der Waals surface area (Å²) >= 11 is 3.06. The summed E-state index contributed by atoms with van der Waals surface area (Å²) in [6.45, 7) is 2.15. The summed E-state index contributed by atoms with van der Waals surface area (Å²) in [7, 11) is 0.